The van der Waals surface area contributed by atoms with Crippen molar-refractivity contribution in [3.8, 4) is 5.75 Å². The van der Waals surface area contributed by atoms with E-state index in [4.69, 9.17) is 22.1 Å². The number of ether oxygens (including phenoxy) is 1. The Hall–Kier alpha value is -2.11. The maximum atomic E-state index is 12.3. The van der Waals surface area contributed by atoms with Gasteiger partial charge in [0, 0.05) is 30.4 Å². The minimum Gasteiger partial charge on any atom is -0.492 e. The molecule has 0 fully saturated rings. The standard InChI is InChI=1S/C16H18ClN3O2/c1-20(7-8-22-15-4-2-3-13(17)10-15)16(21)12-5-6-19-14(9-12)11-18/h2-6,9-10H,7-8,11,18H2,1H3. The first-order chi connectivity index (χ1) is 10.6. The maximum absolute atomic E-state index is 12.3. The highest BCUT2D eigenvalue weighted by molar-refractivity contribution is 6.30. The van der Waals surface area contributed by atoms with Gasteiger partial charge < -0.3 is 15.4 Å². The van der Waals surface area contributed by atoms with E-state index >= 15 is 0 Å². The summed E-state index contributed by atoms with van der Waals surface area (Å²) in [5.41, 5.74) is 6.79. The summed E-state index contributed by atoms with van der Waals surface area (Å²) in [4.78, 5) is 18.0. The third-order valence-corrected chi connectivity index (χ3v) is 3.35. The zero-order valence-corrected chi connectivity index (χ0v) is 13.1. The van der Waals surface area contributed by atoms with E-state index in [1.54, 1.807) is 42.4 Å². The molecule has 116 valence electrons. The van der Waals surface area contributed by atoms with Crippen LogP contribution in [0.1, 0.15) is 16.1 Å². The van der Waals surface area contributed by atoms with Crippen LogP contribution in [0.15, 0.2) is 42.6 Å². The van der Waals surface area contributed by atoms with Crippen LogP contribution in [0.5, 0.6) is 5.75 Å². The molecule has 0 saturated heterocycles. The number of halogens is 1. The zero-order chi connectivity index (χ0) is 15.9. The number of likely N-dealkylation sites (N-methyl/N-ethyl adjacent to an activating group) is 1. The predicted molar refractivity (Wildman–Crippen MR) is 86.0 cm³/mol. The van der Waals surface area contributed by atoms with Crippen LogP contribution < -0.4 is 10.5 Å². The fourth-order valence-corrected chi connectivity index (χ4v) is 2.08. The Labute approximate surface area is 134 Å². The molecule has 2 aromatic rings. The van der Waals surface area contributed by atoms with Gasteiger partial charge in [-0.25, -0.2) is 0 Å². The highest BCUT2D eigenvalue weighted by Gasteiger charge is 2.12. The van der Waals surface area contributed by atoms with Crippen LogP contribution in [-0.4, -0.2) is 36.0 Å². The Balaban J connectivity index is 1.88. The topological polar surface area (TPSA) is 68.5 Å². The molecule has 0 atom stereocenters. The minimum absolute atomic E-state index is 0.0909. The van der Waals surface area contributed by atoms with Crippen molar-refractivity contribution in [2.75, 3.05) is 20.2 Å². The molecule has 0 aliphatic rings. The molecular weight excluding hydrogens is 302 g/mol. The molecule has 5 nitrogen and oxygen atoms in total. The molecule has 6 heteroatoms. The molecule has 0 spiro atoms. The monoisotopic (exact) mass is 319 g/mol. The average molecular weight is 320 g/mol. The van der Waals surface area contributed by atoms with E-state index in [1.807, 2.05) is 12.1 Å². The Morgan fingerprint density at radius 3 is 2.91 bits per heavy atom. The van der Waals surface area contributed by atoms with Crippen LogP contribution in [0.4, 0.5) is 0 Å². The Morgan fingerprint density at radius 2 is 2.18 bits per heavy atom. The highest BCUT2D eigenvalue weighted by Crippen LogP contribution is 2.17. The molecule has 0 bridgehead atoms. The van der Waals surface area contributed by atoms with Crippen LogP contribution >= 0.6 is 11.6 Å². The molecule has 22 heavy (non-hydrogen) atoms. The first kappa shape index (κ1) is 16.3. The van der Waals surface area contributed by atoms with E-state index in [0.29, 0.717) is 41.7 Å². The lowest BCUT2D eigenvalue weighted by Crippen LogP contribution is -2.31. The van der Waals surface area contributed by atoms with Gasteiger partial charge >= 0.3 is 0 Å². The molecule has 1 aromatic carbocycles. The number of aromatic nitrogens is 1. The third-order valence-electron chi connectivity index (χ3n) is 3.11. The number of benzene rings is 1. The van der Waals surface area contributed by atoms with Crippen molar-refractivity contribution in [2.45, 2.75) is 6.54 Å². The van der Waals surface area contributed by atoms with E-state index in [2.05, 4.69) is 4.98 Å². The summed E-state index contributed by atoms with van der Waals surface area (Å²) >= 11 is 5.88. The van der Waals surface area contributed by atoms with E-state index in [9.17, 15) is 4.79 Å². The van der Waals surface area contributed by atoms with Crippen LogP contribution in [-0.2, 0) is 6.54 Å². The van der Waals surface area contributed by atoms with Crippen molar-refractivity contribution in [1.82, 2.24) is 9.88 Å². The molecule has 2 rings (SSSR count). The van der Waals surface area contributed by atoms with Gasteiger partial charge in [0.05, 0.1) is 12.2 Å². The minimum atomic E-state index is -0.0909. The number of pyridine rings is 1. The maximum Gasteiger partial charge on any atom is 0.253 e. The van der Waals surface area contributed by atoms with Crippen molar-refractivity contribution in [2.24, 2.45) is 5.73 Å². The summed E-state index contributed by atoms with van der Waals surface area (Å²) in [5, 5.41) is 0.619. The number of amides is 1. The van der Waals surface area contributed by atoms with Gasteiger partial charge in [-0.05, 0) is 30.3 Å². The molecule has 0 saturated carbocycles. The normalized spacial score (nSPS) is 10.3. The molecule has 1 amide bonds. The second kappa shape index (κ2) is 7.77. The van der Waals surface area contributed by atoms with Crippen LogP contribution in [0.3, 0.4) is 0 Å². The average Bonchev–Trinajstić information content (AvgIpc) is 2.54. The molecule has 1 aromatic heterocycles. The molecule has 0 radical (unpaired) electrons. The summed E-state index contributed by atoms with van der Waals surface area (Å²) in [6.45, 7) is 1.16. The lowest BCUT2D eigenvalue weighted by Gasteiger charge is -2.17. The first-order valence-electron chi connectivity index (χ1n) is 6.89. The Kier molecular flexibility index (Phi) is 5.75. The molecular formula is C16H18ClN3O2. The fourth-order valence-electron chi connectivity index (χ4n) is 1.90. The summed E-state index contributed by atoms with van der Waals surface area (Å²) < 4.78 is 5.58. The predicted octanol–water partition coefficient (Wildman–Crippen LogP) is 2.34. The van der Waals surface area contributed by atoms with Crippen molar-refractivity contribution >= 4 is 17.5 Å². The zero-order valence-electron chi connectivity index (χ0n) is 12.3. The SMILES string of the molecule is CN(CCOc1cccc(Cl)c1)C(=O)c1ccnc(CN)c1. The summed E-state index contributed by atoms with van der Waals surface area (Å²) in [6, 6.07) is 10.5. The second-order valence-corrected chi connectivity index (χ2v) is 5.21. The van der Waals surface area contributed by atoms with Gasteiger partial charge in [0.25, 0.3) is 5.91 Å². The lowest BCUT2D eigenvalue weighted by atomic mass is 10.2. The van der Waals surface area contributed by atoms with Crippen molar-refractivity contribution in [3.05, 3.63) is 58.9 Å². The van der Waals surface area contributed by atoms with Gasteiger partial charge in [-0.2, -0.15) is 0 Å². The van der Waals surface area contributed by atoms with E-state index < -0.39 is 0 Å². The highest BCUT2D eigenvalue weighted by atomic mass is 35.5. The first-order valence-corrected chi connectivity index (χ1v) is 7.27. The number of carbonyl (C=O) groups is 1. The quantitative estimate of drug-likeness (QED) is 0.887. The van der Waals surface area contributed by atoms with Crippen molar-refractivity contribution in [3.63, 3.8) is 0 Å². The van der Waals surface area contributed by atoms with Crippen LogP contribution in [0.25, 0.3) is 0 Å². The molecule has 0 aliphatic carbocycles. The number of hydrogen-bond donors (Lipinski definition) is 1. The third kappa shape index (κ3) is 4.44. The Bertz CT molecular complexity index is 649. The van der Waals surface area contributed by atoms with E-state index in [1.165, 1.54) is 0 Å². The Morgan fingerprint density at radius 1 is 1.36 bits per heavy atom. The number of rotatable bonds is 6. The summed E-state index contributed by atoms with van der Waals surface area (Å²) in [6.07, 6.45) is 1.59. The van der Waals surface area contributed by atoms with Gasteiger partial charge in [-0.1, -0.05) is 17.7 Å². The van der Waals surface area contributed by atoms with Gasteiger partial charge in [0.2, 0.25) is 0 Å². The molecule has 0 aliphatic heterocycles. The van der Waals surface area contributed by atoms with Crippen molar-refractivity contribution in [1.29, 1.82) is 0 Å². The van der Waals surface area contributed by atoms with Gasteiger partial charge in [-0.15, -0.1) is 0 Å². The smallest absolute Gasteiger partial charge is 0.253 e. The summed E-state index contributed by atoms with van der Waals surface area (Å²) in [7, 11) is 1.73. The summed E-state index contributed by atoms with van der Waals surface area (Å²) in [5.74, 6) is 0.592. The van der Waals surface area contributed by atoms with Gasteiger partial charge in [-0.3, -0.25) is 9.78 Å². The largest absolute Gasteiger partial charge is 0.492 e. The fraction of sp³-hybridized carbons (Fsp3) is 0.250. The number of nitrogens with two attached hydrogens (primary N) is 1. The number of nitrogens with zero attached hydrogens (tertiary/aromatic N) is 2. The van der Waals surface area contributed by atoms with Crippen molar-refractivity contribution < 1.29 is 9.53 Å². The van der Waals surface area contributed by atoms with Gasteiger partial charge in [0.1, 0.15) is 12.4 Å². The molecule has 2 N–H and O–H groups in total. The van der Waals surface area contributed by atoms with E-state index in [0.717, 1.165) is 0 Å². The second-order valence-electron chi connectivity index (χ2n) is 4.77. The van der Waals surface area contributed by atoms with Crippen LogP contribution in [0.2, 0.25) is 5.02 Å². The number of hydrogen-bond acceptors (Lipinski definition) is 4. The van der Waals surface area contributed by atoms with Crippen LogP contribution in [0, 0.1) is 0 Å². The van der Waals surface area contributed by atoms with Gasteiger partial charge in [0.15, 0.2) is 0 Å². The van der Waals surface area contributed by atoms with E-state index in [-0.39, 0.29) is 5.91 Å². The molecule has 1 heterocycles. The number of carbonyl (C=O) groups excluding carboxylic acids is 1. The molecule has 0 unspecified atom stereocenters. The lowest BCUT2D eigenvalue weighted by molar-refractivity contribution is 0.0773.